The summed E-state index contributed by atoms with van der Waals surface area (Å²) in [7, 11) is 5.71. The molecule has 7 nitrogen and oxygen atoms in total. The van der Waals surface area contributed by atoms with Crippen molar-refractivity contribution in [2.24, 2.45) is 4.99 Å². The summed E-state index contributed by atoms with van der Waals surface area (Å²) in [5, 5.41) is 9.14. The predicted octanol–water partition coefficient (Wildman–Crippen LogP) is 1.82. The van der Waals surface area contributed by atoms with E-state index in [4.69, 9.17) is 4.74 Å². The van der Waals surface area contributed by atoms with Gasteiger partial charge in [0.2, 0.25) is 5.91 Å². The Hall–Kier alpha value is -1.55. The molecular weight excluding hydrogens is 457 g/mol. The van der Waals surface area contributed by atoms with E-state index in [0.29, 0.717) is 19.1 Å². The Kier molecular flexibility index (Phi) is 12.0. The van der Waals surface area contributed by atoms with Crippen molar-refractivity contribution in [2.45, 2.75) is 32.9 Å². The van der Waals surface area contributed by atoms with Crippen LogP contribution in [0, 0.1) is 0 Å². The van der Waals surface area contributed by atoms with Crippen molar-refractivity contribution >= 4 is 35.8 Å². The van der Waals surface area contributed by atoms with Gasteiger partial charge >= 0.3 is 0 Å². The molecule has 1 amide bonds. The van der Waals surface area contributed by atoms with Crippen LogP contribution in [0.5, 0.6) is 5.75 Å². The molecule has 1 rings (SSSR count). The lowest BCUT2D eigenvalue weighted by atomic mass is 10.1. The maximum atomic E-state index is 11.9. The third-order valence-electron chi connectivity index (χ3n) is 3.37. The molecule has 0 saturated carbocycles. The summed E-state index contributed by atoms with van der Waals surface area (Å²) in [5.74, 6) is 1.34. The molecule has 0 spiro atoms. The zero-order chi connectivity index (χ0) is 19.6. The molecule has 0 bridgehead atoms. The average Bonchev–Trinajstić information content (AvgIpc) is 2.54. The van der Waals surface area contributed by atoms with Gasteiger partial charge in [0.1, 0.15) is 12.4 Å². The van der Waals surface area contributed by atoms with Gasteiger partial charge in [-0.2, -0.15) is 0 Å². The van der Waals surface area contributed by atoms with Gasteiger partial charge in [0.25, 0.3) is 0 Å². The van der Waals surface area contributed by atoms with E-state index in [9.17, 15) is 4.79 Å². The molecule has 1 aromatic carbocycles. The Labute approximate surface area is 180 Å². The van der Waals surface area contributed by atoms with Crippen LogP contribution in [0.4, 0.5) is 0 Å². The van der Waals surface area contributed by atoms with E-state index >= 15 is 0 Å². The minimum atomic E-state index is -0.251. The topological polar surface area (TPSA) is 78.0 Å². The summed E-state index contributed by atoms with van der Waals surface area (Å²) < 4.78 is 5.86. The molecule has 0 fully saturated rings. The quantitative estimate of drug-likeness (QED) is 0.294. The maximum Gasteiger partial charge on any atom is 0.239 e. The minimum Gasteiger partial charge on any atom is -0.492 e. The predicted molar refractivity (Wildman–Crippen MR) is 122 cm³/mol. The van der Waals surface area contributed by atoms with E-state index in [1.54, 1.807) is 7.05 Å². The minimum absolute atomic E-state index is 0. The van der Waals surface area contributed by atoms with Crippen LogP contribution in [0.3, 0.4) is 0 Å². The van der Waals surface area contributed by atoms with E-state index in [-0.39, 0.29) is 42.0 Å². The van der Waals surface area contributed by atoms with E-state index in [1.165, 1.54) is 0 Å². The summed E-state index contributed by atoms with van der Waals surface area (Å²) in [5.41, 5.74) is 0.784. The monoisotopic (exact) mass is 491 g/mol. The zero-order valence-corrected chi connectivity index (χ0v) is 19.6. The number of nitrogens with zero attached hydrogens (tertiary/aromatic N) is 2. The second kappa shape index (κ2) is 12.8. The Bertz CT molecular complexity index is 600. The van der Waals surface area contributed by atoms with Crippen molar-refractivity contribution in [3.63, 3.8) is 0 Å². The molecule has 0 atom stereocenters. The van der Waals surface area contributed by atoms with Crippen LogP contribution in [0.25, 0.3) is 0 Å². The SMILES string of the molecule is CN=C(NCC(=O)NC(C)(C)C)NCc1ccccc1OCCN(C)C.I. The summed E-state index contributed by atoms with van der Waals surface area (Å²) in [6.07, 6.45) is 0. The van der Waals surface area contributed by atoms with Crippen molar-refractivity contribution in [2.75, 3.05) is 40.8 Å². The van der Waals surface area contributed by atoms with Crippen LogP contribution in [0.1, 0.15) is 26.3 Å². The fraction of sp³-hybridized carbons (Fsp3) is 0.579. The lowest BCUT2D eigenvalue weighted by molar-refractivity contribution is -0.121. The van der Waals surface area contributed by atoms with Gasteiger partial charge in [0.15, 0.2) is 5.96 Å². The highest BCUT2D eigenvalue weighted by Gasteiger charge is 2.13. The van der Waals surface area contributed by atoms with Crippen LogP contribution >= 0.6 is 24.0 Å². The number of rotatable bonds is 8. The van der Waals surface area contributed by atoms with Crippen LogP contribution in [0.2, 0.25) is 0 Å². The number of halogens is 1. The number of ether oxygens (including phenoxy) is 1. The van der Waals surface area contributed by atoms with Gasteiger partial charge in [-0.1, -0.05) is 18.2 Å². The maximum absolute atomic E-state index is 11.9. The largest absolute Gasteiger partial charge is 0.492 e. The first-order valence-corrected chi connectivity index (χ1v) is 8.82. The smallest absolute Gasteiger partial charge is 0.239 e. The van der Waals surface area contributed by atoms with Crippen molar-refractivity contribution < 1.29 is 9.53 Å². The molecule has 3 N–H and O–H groups in total. The molecule has 154 valence electrons. The Morgan fingerprint density at radius 1 is 1.19 bits per heavy atom. The highest BCUT2D eigenvalue weighted by molar-refractivity contribution is 14.0. The number of aliphatic imine (C=N–C) groups is 1. The van der Waals surface area contributed by atoms with Crippen LogP contribution in [-0.4, -0.2) is 63.1 Å². The third-order valence-corrected chi connectivity index (χ3v) is 3.37. The molecule has 8 heteroatoms. The van der Waals surface area contributed by atoms with Crippen molar-refractivity contribution in [1.29, 1.82) is 0 Å². The molecule has 0 heterocycles. The Morgan fingerprint density at radius 3 is 2.44 bits per heavy atom. The first-order chi connectivity index (χ1) is 12.2. The van der Waals surface area contributed by atoms with E-state index in [0.717, 1.165) is 17.9 Å². The summed E-state index contributed by atoms with van der Waals surface area (Å²) in [6.45, 7) is 8.05. The summed E-state index contributed by atoms with van der Waals surface area (Å²) in [4.78, 5) is 18.1. The van der Waals surface area contributed by atoms with E-state index < -0.39 is 0 Å². The van der Waals surface area contributed by atoms with Crippen LogP contribution in [0.15, 0.2) is 29.3 Å². The molecule has 0 aliphatic carbocycles. The van der Waals surface area contributed by atoms with Gasteiger partial charge in [-0.05, 0) is 40.9 Å². The second-order valence-electron chi connectivity index (χ2n) is 7.34. The van der Waals surface area contributed by atoms with Crippen molar-refractivity contribution in [1.82, 2.24) is 20.9 Å². The van der Waals surface area contributed by atoms with Crippen molar-refractivity contribution in [3.8, 4) is 5.75 Å². The molecule has 1 aromatic rings. The standard InChI is InChI=1S/C19H33N5O2.HI/c1-19(2,3)23-17(25)14-22-18(20-4)21-13-15-9-7-8-10-16(15)26-12-11-24(5)6;/h7-10H,11-14H2,1-6H3,(H,23,25)(H2,20,21,22);1H. The van der Waals surface area contributed by atoms with E-state index in [1.807, 2.05) is 59.1 Å². The van der Waals surface area contributed by atoms with Crippen LogP contribution in [-0.2, 0) is 11.3 Å². The fourth-order valence-corrected chi connectivity index (χ4v) is 2.15. The van der Waals surface area contributed by atoms with Crippen molar-refractivity contribution in [3.05, 3.63) is 29.8 Å². The molecular formula is C19H34IN5O2. The molecule has 0 aromatic heterocycles. The zero-order valence-electron chi connectivity index (χ0n) is 17.3. The fourth-order valence-electron chi connectivity index (χ4n) is 2.15. The first-order valence-electron chi connectivity index (χ1n) is 8.82. The Balaban J connectivity index is 0.00000676. The summed E-state index contributed by atoms with van der Waals surface area (Å²) >= 11 is 0. The number of amides is 1. The number of carbonyl (C=O) groups is 1. The normalized spacial score (nSPS) is 11.6. The van der Waals surface area contributed by atoms with Gasteiger partial charge in [-0.25, -0.2) is 0 Å². The first kappa shape index (κ1) is 25.4. The number of likely N-dealkylation sites (N-methyl/N-ethyl adjacent to an activating group) is 1. The second-order valence-corrected chi connectivity index (χ2v) is 7.34. The number of para-hydroxylation sites is 1. The van der Waals surface area contributed by atoms with Crippen LogP contribution < -0.4 is 20.7 Å². The molecule has 0 unspecified atom stereocenters. The van der Waals surface area contributed by atoms with Gasteiger partial charge < -0.3 is 25.6 Å². The summed E-state index contributed by atoms with van der Waals surface area (Å²) in [6, 6.07) is 7.90. The molecule has 0 aliphatic rings. The highest BCUT2D eigenvalue weighted by Crippen LogP contribution is 2.17. The van der Waals surface area contributed by atoms with Gasteiger partial charge in [-0.3, -0.25) is 9.79 Å². The number of guanidine groups is 1. The number of carbonyl (C=O) groups excluding carboxylic acids is 1. The number of hydrogen-bond acceptors (Lipinski definition) is 4. The number of benzene rings is 1. The molecule has 0 aliphatic heterocycles. The number of hydrogen-bond donors (Lipinski definition) is 3. The average molecular weight is 491 g/mol. The molecule has 0 radical (unpaired) electrons. The van der Waals surface area contributed by atoms with E-state index in [2.05, 4.69) is 25.8 Å². The molecule has 0 saturated heterocycles. The Morgan fingerprint density at radius 2 is 1.85 bits per heavy atom. The highest BCUT2D eigenvalue weighted by atomic mass is 127. The lowest BCUT2D eigenvalue weighted by Crippen LogP contribution is -2.48. The van der Waals surface area contributed by atoms with Gasteiger partial charge in [0, 0.05) is 31.2 Å². The molecule has 27 heavy (non-hydrogen) atoms. The number of nitrogens with one attached hydrogen (secondary N) is 3. The van der Waals surface area contributed by atoms with Gasteiger partial charge in [0.05, 0.1) is 6.54 Å². The lowest BCUT2D eigenvalue weighted by Gasteiger charge is -2.21. The van der Waals surface area contributed by atoms with Gasteiger partial charge in [-0.15, -0.1) is 24.0 Å². The third kappa shape index (κ3) is 11.7.